The average Bonchev–Trinajstić information content (AvgIpc) is 3.19. The second-order valence-corrected chi connectivity index (χ2v) is 9.07. The van der Waals surface area contributed by atoms with Crippen LogP contribution in [0.1, 0.15) is 56.3 Å². The fourth-order valence-corrected chi connectivity index (χ4v) is 4.99. The Balaban J connectivity index is 1.27. The number of nitrogens with one attached hydrogen (secondary N) is 1. The maximum Gasteiger partial charge on any atom is 0.223 e. The molecule has 0 atom stereocenters. The number of benzene rings is 1. The summed E-state index contributed by atoms with van der Waals surface area (Å²) < 4.78 is 4.52. The number of piperidine rings is 1. The number of halogens is 1. The molecular formula is C21H27ClN4OS. The van der Waals surface area contributed by atoms with Gasteiger partial charge in [0, 0.05) is 48.0 Å². The third-order valence-corrected chi connectivity index (χ3v) is 6.89. The summed E-state index contributed by atoms with van der Waals surface area (Å²) in [5.74, 6) is 1.24. The van der Waals surface area contributed by atoms with E-state index in [0.717, 1.165) is 60.3 Å². The SMILES string of the molecule is O=C(NC1CCCCC1)C1CCN(c2nc(Cc3ccc(Cl)cc3)ns2)CC1. The molecule has 1 aliphatic heterocycles. The maximum atomic E-state index is 12.6. The summed E-state index contributed by atoms with van der Waals surface area (Å²) in [5.41, 5.74) is 1.16. The summed E-state index contributed by atoms with van der Waals surface area (Å²) in [6.45, 7) is 1.75. The molecule has 150 valence electrons. The molecule has 2 fully saturated rings. The molecule has 7 heteroatoms. The van der Waals surface area contributed by atoms with E-state index in [2.05, 4.69) is 14.6 Å². The molecule has 2 aromatic rings. The standard InChI is InChI=1S/C21H27ClN4OS/c22-17-8-6-15(7-9-17)14-19-24-21(28-25-19)26-12-10-16(11-13-26)20(27)23-18-4-2-1-3-5-18/h6-9,16,18H,1-5,10-14H2,(H,23,27). The van der Waals surface area contributed by atoms with Crippen LogP contribution >= 0.6 is 23.1 Å². The van der Waals surface area contributed by atoms with Crippen molar-refractivity contribution >= 4 is 34.2 Å². The molecule has 0 radical (unpaired) electrons. The molecule has 1 saturated heterocycles. The van der Waals surface area contributed by atoms with Crippen LogP contribution < -0.4 is 10.2 Å². The predicted molar refractivity (Wildman–Crippen MR) is 114 cm³/mol. The number of aromatic nitrogens is 2. The number of nitrogens with zero attached hydrogens (tertiary/aromatic N) is 3. The predicted octanol–water partition coefficient (Wildman–Crippen LogP) is 4.45. The Morgan fingerprint density at radius 1 is 1.11 bits per heavy atom. The van der Waals surface area contributed by atoms with Crippen molar-refractivity contribution in [2.75, 3.05) is 18.0 Å². The molecule has 28 heavy (non-hydrogen) atoms. The lowest BCUT2D eigenvalue weighted by molar-refractivity contribution is -0.126. The van der Waals surface area contributed by atoms with Crippen molar-refractivity contribution in [2.45, 2.75) is 57.4 Å². The fourth-order valence-electron chi connectivity index (χ4n) is 4.13. The number of carbonyl (C=O) groups is 1. The normalized spacial score (nSPS) is 19.0. The van der Waals surface area contributed by atoms with Gasteiger partial charge in [-0.05, 0) is 43.4 Å². The summed E-state index contributed by atoms with van der Waals surface area (Å²) in [7, 11) is 0. The van der Waals surface area contributed by atoms with Gasteiger partial charge in [-0.25, -0.2) is 4.98 Å². The third kappa shape index (κ3) is 5.03. The van der Waals surface area contributed by atoms with Crippen molar-refractivity contribution in [3.8, 4) is 0 Å². The minimum Gasteiger partial charge on any atom is -0.353 e. The molecule has 1 aliphatic carbocycles. The molecule has 1 aromatic heterocycles. The van der Waals surface area contributed by atoms with E-state index in [0.29, 0.717) is 12.5 Å². The molecule has 1 aromatic carbocycles. The molecule has 4 rings (SSSR count). The fraction of sp³-hybridized carbons (Fsp3) is 0.571. The maximum absolute atomic E-state index is 12.6. The second-order valence-electron chi connectivity index (χ2n) is 7.90. The molecular weight excluding hydrogens is 392 g/mol. The highest BCUT2D eigenvalue weighted by molar-refractivity contribution is 7.09. The summed E-state index contributed by atoms with van der Waals surface area (Å²) in [6, 6.07) is 8.22. The number of rotatable bonds is 5. The molecule has 2 heterocycles. The van der Waals surface area contributed by atoms with Crippen LogP contribution in [0.2, 0.25) is 5.02 Å². The Hall–Kier alpha value is -1.66. The highest BCUT2D eigenvalue weighted by Crippen LogP contribution is 2.26. The van der Waals surface area contributed by atoms with Gasteiger partial charge in [0.05, 0.1) is 0 Å². The van der Waals surface area contributed by atoms with Crippen LogP contribution in [0.4, 0.5) is 5.13 Å². The Morgan fingerprint density at radius 3 is 2.54 bits per heavy atom. The van der Waals surface area contributed by atoms with Crippen molar-refractivity contribution in [2.24, 2.45) is 5.92 Å². The number of carbonyl (C=O) groups excluding carboxylic acids is 1. The van der Waals surface area contributed by atoms with Gasteiger partial charge in [-0.15, -0.1) is 0 Å². The molecule has 5 nitrogen and oxygen atoms in total. The van der Waals surface area contributed by atoms with E-state index >= 15 is 0 Å². The monoisotopic (exact) mass is 418 g/mol. The number of anilines is 1. The lowest BCUT2D eigenvalue weighted by atomic mass is 9.92. The van der Waals surface area contributed by atoms with E-state index in [1.54, 1.807) is 0 Å². The van der Waals surface area contributed by atoms with Gasteiger partial charge in [0.15, 0.2) is 0 Å². The molecule has 0 bridgehead atoms. The van der Waals surface area contributed by atoms with Gasteiger partial charge < -0.3 is 10.2 Å². The van der Waals surface area contributed by atoms with E-state index in [4.69, 9.17) is 16.6 Å². The van der Waals surface area contributed by atoms with Crippen LogP contribution in [0.15, 0.2) is 24.3 Å². The van der Waals surface area contributed by atoms with Crippen molar-refractivity contribution < 1.29 is 4.79 Å². The second kappa shape index (κ2) is 9.23. The van der Waals surface area contributed by atoms with E-state index in [-0.39, 0.29) is 11.8 Å². The van der Waals surface area contributed by atoms with Gasteiger partial charge >= 0.3 is 0 Å². The highest BCUT2D eigenvalue weighted by Gasteiger charge is 2.28. The zero-order chi connectivity index (χ0) is 19.3. The van der Waals surface area contributed by atoms with Gasteiger partial charge in [0.25, 0.3) is 0 Å². The van der Waals surface area contributed by atoms with Gasteiger partial charge in [0.1, 0.15) is 5.82 Å². The first kappa shape index (κ1) is 19.6. The van der Waals surface area contributed by atoms with Gasteiger partial charge in [-0.3, -0.25) is 4.79 Å². The van der Waals surface area contributed by atoms with Crippen molar-refractivity contribution in [3.05, 3.63) is 40.7 Å². The molecule has 1 amide bonds. The summed E-state index contributed by atoms with van der Waals surface area (Å²) in [5, 5.41) is 5.00. The van der Waals surface area contributed by atoms with Crippen molar-refractivity contribution in [1.29, 1.82) is 0 Å². The van der Waals surface area contributed by atoms with Crippen LogP contribution in [0.25, 0.3) is 0 Å². The molecule has 1 N–H and O–H groups in total. The van der Waals surface area contributed by atoms with Crippen LogP contribution in [-0.4, -0.2) is 34.4 Å². The highest BCUT2D eigenvalue weighted by atomic mass is 35.5. The first-order valence-electron chi connectivity index (χ1n) is 10.3. The molecule has 0 unspecified atom stereocenters. The van der Waals surface area contributed by atoms with Crippen LogP contribution in [0, 0.1) is 5.92 Å². The lowest BCUT2D eigenvalue weighted by Gasteiger charge is -2.32. The smallest absolute Gasteiger partial charge is 0.223 e. The number of hydrogen-bond acceptors (Lipinski definition) is 5. The quantitative estimate of drug-likeness (QED) is 0.779. The average molecular weight is 419 g/mol. The van der Waals surface area contributed by atoms with Gasteiger partial charge in [0.2, 0.25) is 11.0 Å². The van der Waals surface area contributed by atoms with Crippen LogP contribution in [0.3, 0.4) is 0 Å². The Bertz CT molecular complexity index is 780. The summed E-state index contributed by atoms with van der Waals surface area (Å²) >= 11 is 7.40. The largest absolute Gasteiger partial charge is 0.353 e. The number of hydrogen-bond donors (Lipinski definition) is 1. The van der Waals surface area contributed by atoms with Crippen LogP contribution in [-0.2, 0) is 11.2 Å². The first-order valence-corrected chi connectivity index (χ1v) is 11.4. The van der Waals surface area contributed by atoms with E-state index < -0.39 is 0 Å². The lowest BCUT2D eigenvalue weighted by Crippen LogP contribution is -2.44. The van der Waals surface area contributed by atoms with E-state index in [9.17, 15) is 4.79 Å². The van der Waals surface area contributed by atoms with Gasteiger partial charge in [-0.1, -0.05) is 43.0 Å². The third-order valence-electron chi connectivity index (χ3n) is 5.82. The van der Waals surface area contributed by atoms with E-state index in [1.165, 1.54) is 30.8 Å². The summed E-state index contributed by atoms with van der Waals surface area (Å²) in [6.07, 6.45) is 8.60. The first-order chi connectivity index (χ1) is 13.7. The van der Waals surface area contributed by atoms with Crippen molar-refractivity contribution in [1.82, 2.24) is 14.7 Å². The van der Waals surface area contributed by atoms with Crippen molar-refractivity contribution in [3.63, 3.8) is 0 Å². The zero-order valence-electron chi connectivity index (χ0n) is 16.1. The summed E-state index contributed by atoms with van der Waals surface area (Å²) in [4.78, 5) is 19.6. The Morgan fingerprint density at radius 2 is 1.82 bits per heavy atom. The minimum absolute atomic E-state index is 0.139. The molecule has 2 aliphatic rings. The van der Waals surface area contributed by atoms with E-state index in [1.807, 2.05) is 24.3 Å². The minimum atomic E-state index is 0.139. The zero-order valence-corrected chi connectivity index (χ0v) is 17.6. The molecule has 1 saturated carbocycles. The van der Waals surface area contributed by atoms with Crippen LogP contribution in [0.5, 0.6) is 0 Å². The van der Waals surface area contributed by atoms with Gasteiger partial charge in [-0.2, -0.15) is 4.37 Å². The Kier molecular flexibility index (Phi) is 6.47. The number of amides is 1. The topological polar surface area (TPSA) is 58.1 Å². The Labute approximate surface area is 175 Å². The molecule has 0 spiro atoms.